The Bertz CT molecular complexity index is 901. The van der Waals surface area contributed by atoms with Gasteiger partial charge in [0.2, 0.25) is 5.91 Å². The highest BCUT2D eigenvalue weighted by Crippen LogP contribution is 2.27. The molecule has 1 fully saturated rings. The normalized spacial score (nSPS) is 16.9. The van der Waals surface area contributed by atoms with Gasteiger partial charge in [-0.05, 0) is 30.5 Å². The minimum atomic E-state index is 0.132. The van der Waals surface area contributed by atoms with Crippen molar-refractivity contribution in [2.75, 3.05) is 18.8 Å². The molecule has 1 saturated heterocycles. The van der Waals surface area contributed by atoms with E-state index in [0.29, 0.717) is 17.5 Å². The third-order valence-corrected chi connectivity index (χ3v) is 5.69. The molecule has 144 valence electrons. The highest BCUT2D eigenvalue weighted by atomic mass is 32.2. The number of carbonyl (C=O) groups excluding carboxylic acids is 1. The van der Waals surface area contributed by atoms with E-state index in [1.165, 1.54) is 11.8 Å². The Balaban J connectivity index is 1.39. The number of aromatic nitrogens is 5. The summed E-state index contributed by atoms with van der Waals surface area (Å²) in [7, 11) is 0. The van der Waals surface area contributed by atoms with Crippen LogP contribution in [0.1, 0.15) is 30.1 Å². The van der Waals surface area contributed by atoms with Crippen molar-refractivity contribution in [2.45, 2.75) is 30.5 Å². The van der Waals surface area contributed by atoms with Crippen LogP contribution in [0.5, 0.6) is 0 Å². The van der Waals surface area contributed by atoms with Crippen molar-refractivity contribution >= 4 is 17.7 Å². The summed E-state index contributed by atoms with van der Waals surface area (Å²) < 4.78 is 2.17. The minimum absolute atomic E-state index is 0.132. The van der Waals surface area contributed by atoms with E-state index in [2.05, 4.69) is 30.6 Å². The third kappa shape index (κ3) is 4.56. The number of rotatable bonds is 6. The summed E-state index contributed by atoms with van der Waals surface area (Å²) in [6, 6.07) is 5.78. The van der Waals surface area contributed by atoms with Crippen LogP contribution < -0.4 is 0 Å². The van der Waals surface area contributed by atoms with Crippen LogP contribution in [0.15, 0.2) is 60.5 Å². The van der Waals surface area contributed by atoms with Crippen molar-refractivity contribution in [2.24, 2.45) is 0 Å². The second kappa shape index (κ2) is 8.97. The standard InChI is InChI=1S/C20H22N6OS/c27-18(15-28-20-23-7-3-8-24-20)25-10-2-5-17(14-25)19-22-9-11-26(19)13-16-4-1-6-21-12-16/h1,3-4,6-9,11-12,17H,2,5,10,13-15H2/t17-/m1/s1. The van der Waals surface area contributed by atoms with Crippen molar-refractivity contribution in [3.05, 3.63) is 66.8 Å². The number of nitrogens with zero attached hydrogens (tertiary/aromatic N) is 6. The zero-order valence-electron chi connectivity index (χ0n) is 15.5. The average molecular weight is 395 g/mol. The van der Waals surface area contributed by atoms with Gasteiger partial charge in [-0.25, -0.2) is 15.0 Å². The van der Waals surface area contributed by atoms with E-state index in [4.69, 9.17) is 0 Å². The number of hydrogen-bond donors (Lipinski definition) is 0. The summed E-state index contributed by atoms with van der Waals surface area (Å²) in [5.41, 5.74) is 1.14. The second-order valence-electron chi connectivity index (χ2n) is 6.77. The molecule has 3 aromatic heterocycles. The van der Waals surface area contributed by atoms with Gasteiger partial charge < -0.3 is 9.47 Å². The number of hydrogen-bond acceptors (Lipinski definition) is 6. The first-order valence-corrected chi connectivity index (χ1v) is 10.4. The van der Waals surface area contributed by atoms with Crippen LogP contribution in [0, 0.1) is 0 Å². The molecule has 0 bridgehead atoms. The van der Waals surface area contributed by atoms with Crippen LogP contribution in [0.4, 0.5) is 0 Å². The van der Waals surface area contributed by atoms with E-state index >= 15 is 0 Å². The highest BCUT2D eigenvalue weighted by molar-refractivity contribution is 7.99. The Hall–Kier alpha value is -2.74. The molecule has 7 nitrogen and oxygen atoms in total. The van der Waals surface area contributed by atoms with Crippen LogP contribution in [0.3, 0.4) is 0 Å². The number of imidazole rings is 1. The zero-order valence-corrected chi connectivity index (χ0v) is 16.3. The first-order valence-electron chi connectivity index (χ1n) is 9.37. The molecule has 0 aromatic carbocycles. The van der Waals surface area contributed by atoms with Crippen LogP contribution >= 0.6 is 11.8 Å². The fourth-order valence-corrected chi connectivity index (χ4v) is 4.20. The molecular formula is C20H22N6OS. The van der Waals surface area contributed by atoms with Gasteiger partial charge in [0.25, 0.3) is 0 Å². The van der Waals surface area contributed by atoms with Crippen molar-refractivity contribution in [3.8, 4) is 0 Å². The Kier molecular flexibility index (Phi) is 5.96. The average Bonchev–Trinajstić information content (AvgIpc) is 3.22. The number of piperidine rings is 1. The van der Waals surface area contributed by atoms with Gasteiger partial charge in [0.1, 0.15) is 5.82 Å². The van der Waals surface area contributed by atoms with E-state index < -0.39 is 0 Å². The van der Waals surface area contributed by atoms with Gasteiger partial charge in [0.05, 0.1) is 12.3 Å². The van der Waals surface area contributed by atoms with E-state index in [1.807, 2.05) is 29.6 Å². The van der Waals surface area contributed by atoms with Crippen molar-refractivity contribution in [1.82, 2.24) is 29.4 Å². The summed E-state index contributed by atoms with van der Waals surface area (Å²) in [6.07, 6.45) is 12.9. The molecule has 0 unspecified atom stereocenters. The summed E-state index contributed by atoms with van der Waals surface area (Å²) in [5, 5.41) is 0.636. The molecular weight excluding hydrogens is 372 g/mol. The van der Waals surface area contributed by atoms with Gasteiger partial charge >= 0.3 is 0 Å². The minimum Gasteiger partial charge on any atom is -0.341 e. The van der Waals surface area contributed by atoms with Crippen LogP contribution in [-0.2, 0) is 11.3 Å². The Morgan fingerprint density at radius 2 is 2.04 bits per heavy atom. The van der Waals surface area contributed by atoms with Gasteiger partial charge in [-0.2, -0.15) is 0 Å². The van der Waals surface area contributed by atoms with Gasteiger partial charge in [-0.15, -0.1) is 0 Å². The number of thioether (sulfide) groups is 1. The van der Waals surface area contributed by atoms with Gasteiger partial charge in [-0.1, -0.05) is 17.8 Å². The lowest BCUT2D eigenvalue weighted by molar-refractivity contribution is -0.129. The van der Waals surface area contributed by atoms with Crippen LogP contribution in [-0.4, -0.2) is 54.2 Å². The predicted molar refractivity (Wildman–Crippen MR) is 107 cm³/mol. The van der Waals surface area contributed by atoms with Gasteiger partial charge in [0, 0.05) is 56.2 Å². The van der Waals surface area contributed by atoms with Crippen molar-refractivity contribution in [1.29, 1.82) is 0 Å². The smallest absolute Gasteiger partial charge is 0.233 e. The molecule has 0 radical (unpaired) electrons. The quantitative estimate of drug-likeness (QED) is 0.472. The summed E-state index contributed by atoms with van der Waals surface area (Å²) in [5.74, 6) is 1.79. The molecule has 3 aromatic rings. The van der Waals surface area contributed by atoms with Gasteiger partial charge in [-0.3, -0.25) is 9.78 Å². The van der Waals surface area contributed by atoms with E-state index in [0.717, 1.165) is 37.3 Å². The molecule has 4 rings (SSSR count). The number of carbonyl (C=O) groups is 1. The molecule has 8 heteroatoms. The highest BCUT2D eigenvalue weighted by Gasteiger charge is 2.27. The van der Waals surface area contributed by atoms with Crippen molar-refractivity contribution < 1.29 is 4.79 Å². The maximum absolute atomic E-state index is 12.7. The zero-order chi connectivity index (χ0) is 19.2. The van der Waals surface area contributed by atoms with Crippen molar-refractivity contribution in [3.63, 3.8) is 0 Å². The van der Waals surface area contributed by atoms with E-state index in [9.17, 15) is 4.79 Å². The number of amides is 1. The Morgan fingerprint density at radius 3 is 2.86 bits per heavy atom. The molecule has 28 heavy (non-hydrogen) atoms. The molecule has 1 amide bonds. The first-order chi connectivity index (χ1) is 13.8. The maximum atomic E-state index is 12.7. The Labute approximate surface area is 168 Å². The topological polar surface area (TPSA) is 76.8 Å². The number of likely N-dealkylation sites (tertiary alicyclic amines) is 1. The van der Waals surface area contributed by atoms with Crippen LogP contribution in [0.2, 0.25) is 0 Å². The van der Waals surface area contributed by atoms with Gasteiger partial charge in [0.15, 0.2) is 5.16 Å². The van der Waals surface area contributed by atoms with E-state index in [1.54, 1.807) is 24.7 Å². The maximum Gasteiger partial charge on any atom is 0.233 e. The molecule has 0 aliphatic carbocycles. The molecule has 0 N–H and O–H groups in total. The Morgan fingerprint density at radius 1 is 1.14 bits per heavy atom. The fraction of sp³-hybridized carbons (Fsp3) is 0.350. The lowest BCUT2D eigenvalue weighted by Crippen LogP contribution is -2.40. The molecule has 1 aliphatic rings. The largest absolute Gasteiger partial charge is 0.341 e. The monoisotopic (exact) mass is 394 g/mol. The first kappa shape index (κ1) is 18.6. The summed E-state index contributed by atoms with van der Waals surface area (Å²) >= 11 is 1.38. The molecule has 1 aliphatic heterocycles. The third-order valence-electron chi connectivity index (χ3n) is 4.83. The second-order valence-corrected chi connectivity index (χ2v) is 7.72. The predicted octanol–water partition coefficient (Wildman–Crippen LogP) is 2.61. The number of pyridine rings is 1. The van der Waals surface area contributed by atoms with E-state index in [-0.39, 0.29) is 11.8 Å². The molecule has 0 spiro atoms. The molecule has 1 atom stereocenters. The SMILES string of the molecule is O=C(CSc1ncccn1)N1CCC[C@@H](c2nccn2Cc2cccnc2)C1. The fourth-order valence-electron chi connectivity index (χ4n) is 3.49. The lowest BCUT2D eigenvalue weighted by Gasteiger charge is -2.32. The lowest BCUT2D eigenvalue weighted by atomic mass is 9.97. The molecule has 0 saturated carbocycles. The van der Waals surface area contributed by atoms with Crippen LogP contribution in [0.25, 0.3) is 0 Å². The summed E-state index contributed by atoms with van der Waals surface area (Å²) in [4.78, 5) is 31.8. The summed E-state index contributed by atoms with van der Waals surface area (Å²) in [6.45, 7) is 2.25. The molecule has 4 heterocycles.